The molecule has 0 aromatic carbocycles. The molecule has 0 bridgehead atoms. The van der Waals surface area contributed by atoms with Crippen LogP contribution in [0.5, 0.6) is 5.88 Å². The zero-order valence-electron chi connectivity index (χ0n) is 13.0. The lowest BCUT2D eigenvalue weighted by Gasteiger charge is -2.37. The number of hydrogen-bond donors (Lipinski definition) is 0. The second kappa shape index (κ2) is 6.00. The van der Waals surface area contributed by atoms with Gasteiger partial charge in [0.15, 0.2) is 0 Å². The molecule has 0 amide bonds. The summed E-state index contributed by atoms with van der Waals surface area (Å²) in [5.41, 5.74) is 0. The molecule has 122 valence electrons. The van der Waals surface area contributed by atoms with Crippen LogP contribution in [-0.2, 0) is 10.0 Å². The number of aromatic nitrogens is 2. The maximum absolute atomic E-state index is 12.4. The van der Waals surface area contributed by atoms with Crippen LogP contribution in [-0.4, -0.2) is 61.2 Å². The quantitative estimate of drug-likeness (QED) is 0.799. The highest BCUT2D eigenvalue weighted by Gasteiger charge is 2.41. The highest BCUT2D eigenvalue weighted by Crippen LogP contribution is 2.33. The van der Waals surface area contributed by atoms with Gasteiger partial charge in [-0.3, -0.25) is 0 Å². The van der Waals surface area contributed by atoms with E-state index in [1.165, 1.54) is 6.33 Å². The molecule has 1 aliphatic carbocycles. The fourth-order valence-electron chi connectivity index (χ4n) is 2.88. The summed E-state index contributed by atoms with van der Waals surface area (Å²) in [7, 11) is 0.147. The predicted molar refractivity (Wildman–Crippen MR) is 83.5 cm³/mol. The number of methoxy groups -OCH3 is 1. The molecule has 1 aliphatic heterocycles. The average molecular weight is 326 g/mol. The van der Waals surface area contributed by atoms with Crippen LogP contribution in [0.2, 0.25) is 0 Å². The van der Waals surface area contributed by atoms with E-state index < -0.39 is 10.0 Å². The standard InChI is InChI=1S/C14H22N4O3S/c1-17(22(19,20)12-5-6-12)11-4-3-7-18(9-11)13-8-14(21-2)16-10-15-13/h8,10-12H,3-7,9H2,1-2H3. The lowest BCUT2D eigenvalue weighted by molar-refractivity contribution is 0.318. The Morgan fingerprint density at radius 1 is 1.32 bits per heavy atom. The van der Waals surface area contributed by atoms with Gasteiger partial charge < -0.3 is 9.64 Å². The Morgan fingerprint density at radius 2 is 2.09 bits per heavy atom. The second-order valence-corrected chi connectivity index (χ2v) is 8.19. The van der Waals surface area contributed by atoms with Crippen LogP contribution in [0, 0.1) is 0 Å². The van der Waals surface area contributed by atoms with Crippen LogP contribution in [0.1, 0.15) is 25.7 Å². The monoisotopic (exact) mass is 326 g/mol. The minimum absolute atomic E-state index is 0.000287. The van der Waals surface area contributed by atoms with Crippen molar-refractivity contribution in [1.29, 1.82) is 0 Å². The third-order valence-corrected chi connectivity index (χ3v) is 6.83. The Kier molecular flexibility index (Phi) is 4.22. The van der Waals surface area contributed by atoms with Crippen LogP contribution in [0.25, 0.3) is 0 Å². The maximum atomic E-state index is 12.4. The van der Waals surface area contributed by atoms with Crippen molar-refractivity contribution in [2.75, 3.05) is 32.1 Å². The number of sulfonamides is 1. The van der Waals surface area contributed by atoms with Crippen LogP contribution in [0.3, 0.4) is 0 Å². The van der Waals surface area contributed by atoms with E-state index in [0.717, 1.165) is 38.0 Å². The minimum Gasteiger partial charge on any atom is -0.481 e. The summed E-state index contributed by atoms with van der Waals surface area (Å²) in [6, 6.07) is 1.79. The predicted octanol–water partition coefficient (Wildman–Crippen LogP) is 0.878. The first-order valence-corrected chi connectivity index (χ1v) is 9.10. The van der Waals surface area contributed by atoms with E-state index in [1.807, 2.05) is 0 Å². The molecule has 1 aromatic rings. The molecule has 0 N–H and O–H groups in total. The second-order valence-electron chi connectivity index (χ2n) is 5.92. The molecule has 1 atom stereocenters. The van der Waals surface area contributed by atoms with Gasteiger partial charge in [0, 0.05) is 32.2 Å². The lowest BCUT2D eigenvalue weighted by atomic mass is 10.1. The van der Waals surface area contributed by atoms with Gasteiger partial charge in [0.1, 0.15) is 12.1 Å². The number of likely N-dealkylation sites (N-methyl/N-ethyl adjacent to an activating group) is 1. The third-order valence-electron chi connectivity index (χ3n) is 4.42. The van der Waals surface area contributed by atoms with E-state index in [0.29, 0.717) is 12.4 Å². The Balaban J connectivity index is 1.73. The molecule has 2 aliphatic rings. The van der Waals surface area contributed by atoms with Crippen molar-refractivity contribution < 1.29 is 13.2 Å². The molecule has 3 rings (SSSR count). The molecule has 1 unspecified atom stereocenters. The zero-order chi connectivity index (χ0) is 15.7. The normalized spacial score (nSPS) is 22.9. The van der Waals surface area contributed by atoms with E-state index in [2.05, 4.69) is 14.9 Å². The molecule has 22 heavy (non-hydrogen) atoms. The van der Waals surface area contributed by atoms with E-state index in [4.69, 9.17) is 4.74 Å². The lowest BCUT2D eigenvalue weighted by Crippen LogP contribution is -2.49. The van der Waals surface area contributed by atoms with Gasteiger partial charge in [0.2, 0.25) is 15.9 Å². The molecule has 1 saturated heterocycles. The van der Waals surface area contributed by atoms with Crippen molar-refractivity contribution in [1.82, 2.24) is 14.3 Å². The molecule has 2 fully saturated rings. The molecular weight excluding hydrogens is 304 g/mol. The molecular formula is C14H22N4O3S. The van der Waals surface area contributed by atoms with Crippen molar-refractivity contribution in [3.63, 3.8) is 0 Å². The highest BCUT2D eigenvalue weighted by atomic mass is 32.2. The Labute approximate surface area is 131 Å². The van der Waals surface area contributed by atoms with Crippen molar-refractivity contribution >= 4 is 15.8 Å². The number of piperidine rings is 1. The van der Waals surface area contributed by atoms with E-state index in [-0.39, 0.29) is 11.3 Å². The maximum Gasteiger partial charge on any atom is 0.218 e. The van der Waals surface area contributed by atoms with Gasteiger partial charge in [-0.25, -0.2) is 18.4 Å². The average Bonchev–Trinajstić information content (AvgIpc) is 3.39. The topological polar surface area (TPSA) is 75.6 Å². The molecule has 7 nitrogen and oxygen atoms in total. The van der Waals surface area contributed by atoms with E-state index in [1.54, 1.807) is 24.5 Å². The minimum atomic E-state index is -3.13. The number of rotatable bonds is 5. The fourth-order valence-corrected chi connectivity index (χ4v) is 4.67. The summed E-state index contributed by atoms with van der Waals surface area (Å²) in [4.78, 5) is 10.4. The first kappa shape index (κ1) is 15.5. The molecule has 8 heteroatoms. The summed E-state index contributed by atoms with van der Waals surface area (Å²) in [5.74, 6) is 1.31. The Bertz CT molecular complexity index is 633. The number of ether oxygens (including phenoxy) is 1. The van der Waals surface area contributed by atoms with Gasteiger partial charge in [0.25, 0.3) is 0 Å². The third kappa shape index (κ3) is 3.03. The van der Waals surface area contributed by atoms with Crippen LogP contribution < -0.4 is 9.64 Å². The van der Waals surface area contributed by atoms with Crippen LogP contribution in [0.15, 0.2) is 12.4 Å². The van der Waals surface area contributed by atoms with Crippen molar-refractivity contribution in [3.05, 3.63) is 12.4 Å². The number of nitrogens with zero attached hydrogens (tertiary/aromatic N) is 4. The highest BCUT2D eigenvalue weighted by molar-refractivity contribution is 7.90. The summed E-state index contributed by atoms with van der Waals surface area (Å²) >= 11 is 0. The molecule has 1 saturated carbocycles. The summed E-state index contributed by atoms with van der Waals surface area (Å²) in [5, 5.41) is -0.160. The molecule has 0 spiro atoms. The molecule has 2 heterocycles. The molecule has 1 aromatic heterocycles. The first-order valence-electron chi connectivity index (χ1n) is 7.60. The van der Waals surface area contributed by atoms with Gasteiger partial charge in [-0.05, 0) is 25.7 Å². The van der Waals surface area contributed by atoms with Gasteiger partial charge >= 0.3 is 0 Å². The molecule has 0 radical (unpaired) electrons. The van der Waals surface area contributed by atoms with E-state index in [9.17, 15) is 8.42 Å². The van der Waals surface area contributed by atoms with Crippen molar-refractivity contribution in [2.24, 2.45) is 0 Å². The number of hydrogen-bond acceptors (Lipinski definition) is 6. The zero-order valence-corrected chi connectivity index (χ0v) is 13.8. The fraction of sp³-hybridized carbons (Fsp3) is 0.714. The smallest absolute Gasteiger partial charge is 0.218 e. The summed E-state index contributed by atoms with van der Waals surface area (Å²) in [6.45, 7) is 1.52. The van der Waals surface area contributed by atoms with Crippen LogP contribution in [0.4, 0.5) is 5.82 Å². The largest absolute Gasteiger partial charge is 0.481 e. The Morgan fingerprint density at radius 3 is 2.77 bits per heavy atom. The first-order chi connectivity index (χ1) is 10.5. The SMILES string of the molecule is COc1cc(N2CCCC(N(C)S(=O)(=O)C3CC3)C2)ncn1. The number of anilines is 1. The van der Waals surface area contributed by atoms with Gasteiger partial charge in [0.05, 0.1) is 12.4 Å². The summed E-state index contributed by atoms with van der Waals surface area (Å²) < 4.78 is 31.5. The Hall–Kier alpha value is -1.41. The van der Waals surface area contributed by atoms with Crippen molar-refractivity contribution in [2.45, 2.75) is 37.0 Å². The van der Waals surface area contributed by atoms with E-state index >= 15 is 0 Å². The van der Waals surface area contributed by atoms with Crippen LogP contribution >= 0.6 is 0 Å². The van der Waals surface area contributed by atoms with Gasteiger partial charge in [-0.1, -0.05) is 0 Å². The van der Waals surface area contributed by atoms with Crippen molar-refractivity contribution in [3.8, 4) is 5.88 Å². The van der Waals surface area contributed by atoms with Gasteiger partial charge in [-0.2, -0.15) is 4.31 Å². The summed E-state index contributed by atoms with van der Waals surface area (Å²) in [6.07, 6.45) is 4.91. The van der Waals surface area contributed by atoms with Gasteiger partial charge in [-0.15, -0.1) is 0 Å².